The molecule has 4 rings (SSSR count). The van der Waals surface area contributed by atoms with Crippen LogP contribution in [0.5, 0.6) is 0 Å². The lowest BCUT2D eigenvalue weighted by molar-refractivity contribution is -0.114. The molecule has 0 spiro atoms. The first-order chi connectivity index (χ1) is 14.4. The molecule has 1 aromatic heterocycles. The lowest BCUT2D eigenvalue weighted by Gasteiger charge is -2.35. The van der Waals surface area contributed by atoms with Crippen molar-refractivity contribution >= 4 is 33.1 Å². The second-order valence-corrected chi connectivity index (χ2v) is 9.50. The quantitative estimate of drug-likeness (QED) is 0.768. The summed E-state index contributed by atoms with van der Waals surface area (Å²) in [5.41, 5.74) is 1.55. The van der Waals surface area contributed by atoms with Crippen molar-refractivity contribution < 1.29 is 13.2 Å². The van der Waals surface area contributed by atoms with Crippen LogP contribution in [-0.4, -0.2) is 68.1 Å². The van der Waals surface area contributed by atoms with Gasteiger partial charge in [-0.1, -0.05) is 0 Å². The van der Waals surface area contributed by atoms with Crippen LogP contribution in [0.1, 0.15) is 19.8 Å². The van der Waals surface area contributed by atoms with Gasteiger partial charge in [0.1, 0.15) is 0 Å². The highest BCUT2D eigenvalue weighted by Gasteiger charge is 2.29. The molecule has 2 aliphatic rings. The molecule has 2 saturated heterocycles. The fourth-order valence-corrected chi connectivity index (χ4v) is 5.29. The lowest BCUT2D eigenvalue weighted by Crippen LogP contribution is -2.48. The van der Waals surface area contributed by atoms with Gasteiger partial charge in [0, 0.05) is 57.9 Å². The first-order valence-electron chi connectivity index (χ1n) is 10.1. The molecule has 160 valence electrons. The molecular weight excluding hydrogens is 404 g/mol. The SMILES string of the molecule is CC(=O)Nc1ccc(S(=O)(=O)N2CCN(c3cnnc(N4CCCC4)c3)CC2)cc1. The number of hydrogen-bond acceptors (Lipinski definition) is 7. The summed E-state index contributed by atoms with van der Waals surface area (Å²) in [6, 6.07) is 8.31. The summed E-state index contributed by atoms with van der Waals surface area (Å²) >= 11 is 0. The van der Waals surface area contributed by atoms with E-state index in [2.05, 4.69) is 25.3 Å². The highest BCUT2D eigenvalue weighted by Crippen LogP contribution is 2.25. The third-order valence-corrected chi connectivity index (χ3v) is 7.39. The van der Waals surface area contributed by atoms with Crippen molar-refractivity contribution in [2.24, 2.45) is 0 Å². The van der Waals surface area contributed by atoms with E-state index in [0.717, 1.165) is 24.6 Å². The van der Waals surface area contributed by atoms with Crippen LogP contribution in [0, 0.1) is 0 Å². The highest BCUT2D eigenvalue weighted by atomic mass is 32.2. The maximum atomic E-state index is 13.0. The van der Waals surface area contributed by atoms with Gasteiger partial charge in [0.25, 0.3) is 0 Å². The average Bonchev–Trinajstić information content (AvgIpc) is 3.29. The van der Waals surface area contributed by atoms with Gasteiger partial charge in [-0.15, -0.1) is 5.10 Å². The van der Waals surface area contributed by atoms with E-state index < -0.39 is 10.0 Å². The van der Waals surface area contributed by atoms with E-state index in [0.29, 0.717) is 31.9 Å². The van der Waals surface area contributed by atoms with Gasteiger partial charge < -0.3 is 15.1 Å². The van der Waals surface area contributed by atoms with E-state index in [9.17, 15) is 13.2 Å². The minimum Gasteiger partial charge on any atom is -0.367 e. The Morgan fingerprint density at radius 2 is 1.63 bits per heavy atom. The molecule has 1 amide bonds. The summed E-state index contributed by atoms with van der Waals surface area (Å²) in [5.74, 6) is 0.694. The summed E-state index contributed by atoms with van der Waals surface area (Å²) in [4.78, 5) is 15.8. The molecule has 2 fully saturated rings. The van der Waals surface area contributed by atoms with Crippen LogP contribution in [0.15, 0.2) is 41.4 Å². The minimum absolute atomic E-state index is 0.194. The fraction of sp³-hybridized carbons (Fsp3) is 0.450. The van der Waals surface area contributed by atoms with Crippen LogP contribution in [0.2, 0.25) is 0 Å². The Morgan fingerprint density at radius 1 is 0.967 bits per heavy atom. The summed E-state index contributed by atoms with van der Waals surface area (Å²) < 4.78 is 27.5. The fourth-order valence-electron chi connectivity index (χ4n) is 3.87. The largest absolute Gasteiger partial charge is 0.367 e. The van der Waals surface area contributed by atoms with Crippen molar-refractivity contribution in [3.63, 3.8) is 0 Å². The van der Waals surface area contributed by atoms with Gasteiger partial charge in [-0.25, -0.2) is 8.42 Å². The molecular formula is C20H26N6O3S. The number of anilines is 3. The molecule has 0 bridgehead atoms. The number of carbonyl (C=O) groups is 1. The van der Waals surface area contributed by atoms with Gasteiger partial charge in [0.2, 0.25) is 15.9 Å². The van der Waals surface area contributed by atoms with Gasteiger partial charge in [-0.05, 0) is 37.1 Å². The standard InChI is InChI=1S/C20H26N6O3S/c1-16(27)22-17-4-6-19(7-5-17)30(28,29)26-12-10-24(11-13-26)18-14-20(23-21-15-18)25-8-2-3-9-25/h4-7,14-15H,2-3,8-13H2,1H3,(H,22,27). The summed E-state index contributed by atoms with van der Waals surface area (Å²) in [7, 11) is -3.58. The van der Waals surface area contributed by atoms with Crippen LogP contribution in [0.3, 0.4) is 0 Å². The smallest absolute Gasteiger partial charge is 0.243 e. The first kappa shape index (κ1) is 20.5. The van der Waals surface area contributed by atoms with Gasteiger partial charge in [0.05, 0.1) is 16.8 Å². The van der Waals surface area contributed by atoms with E-state index in [1.165, 1.54) is 36.2 Å². The number of nitrogens with zero attached hydrogens (tertiary/aromatic N) is 5. The number of piperazine rings is 1. The average molecular weight is 431 g/mol. The highest BCUT2D eigenvalue weighted by molar-refractivity contribution is 7.89. The number of hydrogen-bond donors (Lipinski definition) is 1. The Morgan fingerprint density at radius 3 is 2.27 bits per heavy atom. The number of benzene rings is 1. The molecule has 0 aliphatic carbocycles. The number of rotatable bonds is 5. The number of nitrogens with one attached hydrogen (secondary N) is 1. The van der Waals surface area contributed by atoms with Crippen molar-refractivity contribution in [3.8, 4) is 0 Å². The predicted molar refractivity (Wildman–Crippen MR) is 115 cm³/mol. The van der Waals surface area contributed by atoms with Crippen LogP contribution in [0.25, 0.3) is 0 Å². The van der Waals surface area contributed by atoms with Crippen LogP contribution in [0.4, 0.5) is 17.2 Å². The Hall–Kier alpha value is -2.72. The molecule has 10 heteroatoms. The Labute approximate surface area is 176 Å². The van der Waals surface area contributed by atoms with E-state index in [-0.39, 0.29) is 10.8 Å². The molecule has 2 aromatic rings. The summed E-state index contributed by atoms with van der Waals surface area (Å²) in [6.45, 7) is 5.41. The van der Waals surface area contributed by atoms with Crippen molar-refractivity contribution in [1.29, 1.82) is 0 Å². The van der Waals surface area contributed by atoms with Gasteiger partial charge in [-0.3, -0.25) is 4.79 Å². The molecule has 0 atom stereocenters. The summed E-state index contributed by atoms with van der Waals surface area (Å²) in [5, 5.41) is 11.0. The molecule has 2 aliphatic heterocycles. The normalized spacial score (nSPS) is 17.9. The number of amides is 1. The number of carbonyl (C=O) groups excluding carboxylic acids is 1. The Bertz CT molecular complexity index is 997. The Balaban J connectivity index is 1.41. The van der Waals surface area contributed by atoms with Crippen LogP contribution in [-0.2, 0) is 14.8 Å². The number of aromatic nitrogens is 2. The summed E-state index contributed by atoms with van der Waals surface area (Å²) in [6.07, 6.45) is 4.09. The van der Waals surface area contributed by atoms with E-state index in [4.69, 9.17) is 0 Å². The molecule has 0 unspecified atom stereocenters. The molecule has 1 N–H and O–H groups in total. The maximum Gasteiger partial charge on any atom is 0.243 e. The predicted octanol–water partition coefficient (Wildman–Crippen LogP) is 1.55. The zero-order chi connectivity index (χ0) is 21.1. The lowest BCUT2D eigenvalue weighted by atomic mass is 10.3. The van der Waals surface area contributed by atoms with Crippen LogP contribution < -0.4 is 15.1 Å². The molecule has 30 heavy (non-hydrogen) atoms. The monoisotopic (exact) mass is 430 g/mol. The molecule has 0 radical (unpaired) electrons. The van der Waals surface area contributed by atoms with E-state index in [1.54, 1.807) is 18.3 Å². The second-order valence-electron chi connectivity index (χ2n) is 7.56. The maximum absolute atomic E-state index is 13.0. The van der Waals surface area contributed by atoms with Gasteiger partial charge >= 0.3 is 0 Å². The minimum atomic E-state index is -3.58. The van der Waals surface area contributed by atoms with Crippen molar-refractivity contribution in [2.45, 2.75) is 24.7 Å². The van der Waals surface area contributed by atoms with Crippen molar-refractivity contribution in [1.82, 2.24) is 14.5 Å². The zero-order valence-electron chi connectivity index (χ0n) is 17.0. The van der Waals surface area contributed by atoms with E-state index in [1.807, 2.05) is 6.07 Å². The molecule has 9 nitrogen and oxygen atoms in total. The van der Waals surface area contributed by atoms with Crippen LogP contribution >= 0.6 is 0 Å². The zero-order valence-corrected chi connectivity index (χ0v) is 17.8. The molecule has 1 aromatic carbocycles. The molecule has 0 saturated carbocycles. The second kappa shape index (κ2) is 8.57. The van der Waals surface area contributed by atoms with Gasteiger partial charge in [-0.2, -0.15) is 9.40 Å². The van der Waals surface area contributed by atoms with Crippen molar-refractivity contribution in [2.75, 3.05) is 54.4 Å². The third kappa shape index (κ3) is 4.39. The number of sulfonamides is 1. The topological polar surface area (TPSA) is 98.7 Å². The third-order valence-electron chi connectivity index (χ3n) is 5.47. The molecule has 3 heterocycles. The first-order valence-corrected chi connectivity index (χ1v) is 11.6. The van der Waals surface area contributed by atoms with Crippen molar-refractivity contribution in [3.05, 3.63) is 36.5 Å². The Kier molecular flexibility index (Phi) is 5.87. The van der Waals surface area contributed by atoms with Gasteiger partial charge in [0.15, 0.2) is 5.82 Å². The van der Waals surface area contributed by atoms with E-state index >= 15 is 0 Å².